The molecule has 1 N–H and O–H groups in total. The summed E-state index contributed by atoms with van der Waals surface area (Å²) in [6.07, 6.45) is 3.08. The average molecular weight is 294 g/mol. The first kappa shape index (κ1) is 14.7. The molecule has 0 fully saturated rings. The van der Waals surface area contributed by atoms with E-state index in [1.54, 1.807) is 30.5 Å². The summed E-state index contributed by atoms with van der Waals surface area (Å²) in [7, 11) is -3.65. The van der Waals surface area contributed by atoms with Gasteiger partial charge in [-0.1, -0.05) is 17.7 Å². The van der Waals surface area contributed by atoms with Gasteiger partial charge in [-0.25, -0.2) is 4.98 Å². The van der Waals surface area contributed by atoms with Crippen LogP contribution in [0.1, 0.15) is 23.5 Å². The Morgan fingerprint density at radius 1 is 1.20 bits per heavy atom. The van der Waals surface area contributed by atoms with Gasteiger partial charge in [0.05, 0.1) is 11.5 Å². The second-order valence-electron chi connectivity index (χ2n) is 4.69. The predicted molar refractivity (Wildman–Crippen MR) is 76.0 cm³/mol. The second-order valence-corrected chi connectivity index (χ2v) is 6.30. The Morgan fingerprint density at radius 2 is 1.90 bits per heavy atom. The lowest BCUT2D eigenvalue weighted by molar-refractivity contribution is 0.312. The molecule has 0 bridgehead atoms. The van der Waals surface area contributed by atoms with Gasteiger partial charge in [0, 0.05) is 11.9 Å². The molecule has 0 aliphatic carbocycles. The molecule has 2 rings (SSSR count). The van der Waals surface area contributed by atoms with E-state index < -0.39 is 10.1 Å². The Labute approximate surface area is 119 Å². The maximum Gasteiger partial charge on any atom is 0.296 e. The molecule has 0 aliphatic heterocycles. The smallest absolute Gasteiger partial charge is 0.296 e. The molecule has 1 aromatic carbocycles. The Hall–Kier alpha value is -1.66. The van der Waals surface area contributed by atoms with Gasteiger partial charge in [-0.3, -0.25) is 4.18 Å². The number of nitrogens with one attached hydrogen (secondary N) is 1. The number of aryl methyl sites for hydroxylation is 3. The number of hydrogen-bond donors (Lipinski definition) is 1. The SMILES string of the molecule is Cc1ccc(S(=O)(=O)OCCCc2cnc(C)[nH]2)cc1. The summed E-state index contributed by atoms with van der Waals surface area (Å²) in [5.41, 5.74) is 2.00. The highest BCUT2D eigenvalue weighted by Gasteiger charge is 2.14. The highest BCUT2D eigenvalue weighted by Crippen LogP contribution is 2.13. The summed E-state index contributed by atoms with van der Waals surface area (Å²) in [4.78, 5) is 7.38. The van der Waals surface area contributed by atoms with Crippen LogP contribution in [0.5, 0.6) is 0 Å². The molecule has 5 nitrogen and oxygen atoms in total. The Morgan fingerprint density at radius 3 is 2.50 bits per heavy atom. The van der Waals surface area contributed by atoms with Crippen molar-refractivity contribution in [3.8, 4) is 0 Å². The van der Waals surface area contributed by atoms with Crippen LogP contribution in [0.3, 0.4) is 0 Å². The third-order valence-corrected chi connectivity index (χ3v) is 4.22. The minimum absolute atomic E-state index is 0.161. The monoisotopic (exact) mass is 294 g/mol. The molecule has 108 valence electrons. The number of benzene rings is 1. The molecular weight excluding hydrogens is 276 g/mol. The molecular formula is C14H18N2O3S. The molecule has 0 aliphatic rings. The first-order chi connectivity index (χ1) is 9.47. The van der Waals surface area contributed by atoms with Crippen molar-refractivity contribution >= 4 is 10.1 Å². The van der Waals surface area contributed by atoms with Crippen molar-refractivity contribution in [2.24, 2.45) is 0 Å². The minimum Gasteiger partial charge on any atom is -0.346 e. The summed E-state index contributed by atoms with van der Waals surface area (Å²) in [6.45, 7) is 3.94. The van der Waals surface area contributed by atoms with Crippen molar-refractivity contribution in [3.05, 3.63) is 47.5 Å². The fourth-order valence-corrected chi connectivity index (χ4v) is 2.75. The minimum atomic E-state index is -3.65. The van der Waals surface area contributed by atoms with Crippen molar-refractivity contribution in [2.75, 3.05) is 6.61 Å². The summed E-state index contributed by atoms with van der Waals surface area (Å²) < 4.78 is 28.9. The first-order valence-corrected chi connectivity index (χ1v) is 7.85. The van der Waals surface area contributed by atoms with Crippen LogP contribution in [0, 0.1) is 13.8 Å². The first-order valence-electron chi connectivity index (χ1n) is 6.44. The molecule has 20 heavy (non-hydrogen) atoms. The van der Waals surface area contributed by atoms with Crippen LogP contribution in [0.4, 0.5) is 0 Å². The van der Waals surface area contributed by atoms with Gasteiger partial charge < -0.3 is 4.98 Å². The van der Waals surface area contributed by atoms with Gasteiger partial charge in [0.15, 0.2) is 0 Å². The lowest BCUT2D eigenvalue weighted by Gasteiger charge is -2.05. The van der Waals surface area contributed by atoms with Crippen molar-refractivity contribution in [1.29, 1.82) is 0 Å². The lowest BCUT2D eigenvalue weighted by Crippen LogP contribution is -2.08. The van der Waals surface area contributed by atoms with E-state index in [2.05, 4.69) is 9.97 Å². The van der Waals surface area contributed by atoms with Crippen LogP contribution in [-0.4, -0.2) is 25.0 Å². The zero-order valence-corrected chi connectivity index (χ0v) is 12.4. The maximum absolute atomic E-state index is 11.9. The van der Waals surface area contributed by atoms with E-state index in [1.807, 2.05) is 13.8 Å². The van der Waals surface area contributed by atoms with E-state index in [9.17, 15) is 8.42 Å². The molecule has 0 saturated carbocycles. The standard InChI is InChI=1S/C14H18N2O3S/c1-11-5-7-14(8-6-11)20(17,18)19-9-3-4-13-10-15-12(2)16-13/h5-8,10H,3-4,9H2,1-2H3,(H,15,16). The Kier molecular flexibility index (Phi) is 4.57. The molecule has 0 unspecified atom stereocenters. The number of imidazole rings is 1. The summed E-state index contributed by atoms with van der Waals surface area (Å²) in [5.74, 6) is 0.855. The molecule has 0 spiro atoms. The number of rotatable bonds is 6. The zero-order valence-electron chi connectivity index (χ0n) is 11.6. The van der Waals surface area contributed by atoms with E-state index in [1.165, 1.54) is 0 Å². The third kappa shape index (κ3) is 3.91. The molecule has 0 atom stereocenters. The largest absolute Gasteiger partial charge is 0.346 e. The highest BCUT2D eigenvalue weighted by molar-refractivity contribution is 7.86. The summed E-state index contributed by atoms with van der Waals surface area (Å²) >= 11 is 0. The number of nitrogens with zero attached hydrogens (tertiary/aromatic N) is 1. The lowest BCUT2D eigenvalue weighted by atomic mass is 10.2. The van der Waals surface area contributed by atoms with Crippen LogP contribution in [0.25, 0.3) is 0 Å². The van der Waals surface area contributed by atoms with Gasteiger partial charge in [0.1, 0.15) is 5.82 Å². The van der Waals surface area contributed by atoms with Crippen molar-refractivity contribution in [1.82, 2.24) is 9.97 Å². The van der Waals surface area contributed by atoms with E-state index in [4.69, 9.17) is 4.18 Å². The van der Waals surface area contributed by atoms with Crippen LogP contribution >= 0.6 is 0 Å². The molecule has 1 heterocycles. The number of H-pyrrole nitrogens is 1. The third-order valence-electron chi connectivity index (χ3n) is 2.89. The van der Waals surface area contributed by atoms with Gasteiger partial charge in [0.2, 0.25) is 0 Å². The van der Waals surface area contributed by atoms with Crippen LogP contribution in [0.15, 0.2) is 35.4 Å². The van der Waals surface area contributed by atoms with Gasteiger partial charge in [-0.15, -0.1) is 0 Å². The topological polar surface area (TPSA) is 72.1 Å². The number of hydrogen-bond acceptors (Lipinski definition) is 4. The number of aromatic amines is 1. The Balaban J connectivity index is 1.85. The van der Waals surface area contributed by atoms with Crippen molar-refractivity contribution < 1.29 is 12.6 Å². The van der Waals surface area contributed by atoms with E-state index >= 15 is 0 Å². The summed E-state index contributed by atoms with van der Waals surface area (Å²) in [6, 6.07) is 6.62. The van der Waals surface area contributed by atoms with Gasteiger partial charge in [-0.2, -0.15) is 8.42 Å². The van der Waals surface area contributed by atoms with Crippen LogP contribution < -0.4 is 0 Å². The molecule has 6 heteroatoms. The molecule has 0 radical (unpaired) electrons. The Bertz CT molecular complexity index is 660. The fraction of sp³-hybridized carbons (Fsp3) is 0.357. The molecule has 0 amide bonds. The van der Waals surface area contributed by atoms with Crippen molar-refractivity contribution in [2.45, 2.75) is 31.6 Å². The highest BCUT2D eigenvalue weighted by atomic mass is 32.2. The van der Waals surface area contributed by atoms with Crippen LogP contribution in [-0.2, 0) is 20.7 Å². The normalized spacial score (nSPS) is 11.7. The molecule has 0 saturated heterocycles. The average Bonchev–Trinajstić information content (AvgIpc) is 2.81. The molecule has 1 aromatic heterocycles. The predicted octanol–water partition coefficient (Wildman–Crippen LogP) is 2.36. The second kappa shape index (κ2) is 6.19. The van der Waals surface area contributed by atoms with E-state index in [-0.39, 0.29) is 11.5 Å². The molecule has 2 aromatic rings. The van der Waals surface area contributed by atoms with Gasteiger partial charge in [-0.05, 0) is 38.8 Å². The van der Waals surface area contributed by atoms with Gasteiger partial charge >= 0.3 is 0 Å². The zero-order chi connectivity index (χ0) is 14.6. The fourth-order valence-electron chi connectivity index (χ4n) is 1.80. The summed E-state index contributed by atoms with van der Waals surface area (Å²) in [5, 5.41) is 0. The number of aromatic nitrogens is 2. The van der Waals surface area contributed by atoms with Crippen LogP contribution in [0.2, 0.25) is 0 Å². The maximum atomic E-state index is 11.9. The van der Waals surface area contributed by atoms with Gasteiger partial charge in [0.25, 0.3) is 10.1 Å². The van der Waals surface area contributed by atoms with Crippen molar-refractivity contribution in [3.63, 3.8) is 0 Å². The quantitative estimate of drug-likeness (QED) is 0.656. The van der Waals surface area contributed by atoms with E-state index in [0.717, 1.165) is 17.1 Å². The van der Waals surface area contributed by atoms with E-state index in [0.29, 0.717) is 12.8 Å².